The van der Waals surface area contributed by atoms with Crippen molar-refractivity contribution in [1.29, 1.82) is 0 Å². The average Bonchev–Trinajstić information content (AvgIpc) is 3.54. The number of carboxylic acid groups (broad SMARTS) is 1. The first-order chi connectivity index (χ1) is 21.2. The molecule has 0 unspecified atom stereocenters. The quantitative estimate of drug-likeness (QED) is 0.238. The zero-order valence-electron chi connectivity index (χ0n) is 26.4. The second kappa shape index (κ2) is 14.5. The standard InChI is InChI=1S/C35H46N4O4S/c1-22(2)33-37-20-31(44-33)29-15-16-36-32(18-29)39(34(40)27-11-5-24(6-12-27)19-38-35(41)42)21-25-7-9-26(10-8-25)28-13-14-30(43-4)23(3)17-28/h13-18,20,22,24-27,38H,5-12,19,21H2,1-4H3,(H,41,42). The molecule has 0 aliphatic heterocycles. The number of ether oxygens (including phenoxy) is 1. The Balaban J connectivity index is 1.31. The smallest absolute Gasteiger partial charge is 0.404 e. The second-order valence-corrected chi connectivity index (χ2v) is 14.0. The number of amides is 2. The molecule has 9 heteroatoms. The lowest BCUT2D eigenvalue weighted by molar-refractivity contribution is -0.123. The van der Waals surface area contributed by atoms with Gasteiger partial charge in [-0.15, -0.1) is 11.3 Å². The molecule has 44 heavy (non-hydrogen) atoms. The summed E-state index contributed by atoms with van der Waals surface area (Å²) in [6.07, 6.45) is 10.4. The van der Waals surface area contributed by atoms with Crippen molar-refractivity contribution in [1.82, 2.24) is 15.3 Å². The lowest BCUT2D eigenvalue weighted by Gasteiger charge is -2.36. The molecule has 0 saturated heterocycles. The monoisotopic (exact) mass is 618 g/mol. The molecule has 2 saturated carbocycles. The van der Waals surface area contributed by atoms with Crippen LogP contribution in [0.1, 0.15) is 93.2 Å². The fraction of sp³-hybridized carbons (Fsp3) is 0.543. The maximum Gasteiger partial charge on any atom is 0.404 e. The predicted octanol–water partition coefficient (Wildman–Crippen LogP) is 8.03. The molecular weight excluding hydrogens is 572 g/mol. The van der Waals surface area contributed by atoms with Crippen LogP contribution in [0, 0.1) is 24.7 Å². The summed E-state index contributed by atoms with van der Waals surface area (Å²) in [5.74, 6) is 3.31. The van der Waals surface area contributed by atoms with Gasteiger partial charge >= 0.3 is 6.09 Å². The summed E-state index contributed by atoms with van der Waals surface area (Å²) in [4.78, 5) is 37.6. The largest absolute Gasteiger partial charge is 0.496 e. The summed E-state index contributed by atoms with van der Waals surface area (Å²) < 4.78 is 5.47. The molecule has 2 aromatic heterocycles. The Kier molecular flexibility index (Phi) is 10.6. The number of rotatable bonds is 10. The molecule has 0 bridgehead atoms. The first-order valence-electron chi connectivity index (χ1n) is 16.1. The van der Waals surface area contributed by atoms with Crippen LogP contribution in [0.5, 0.6) is 5.75 Å². The van der Waals surface area contributed by atoms with Crippen molar-refractivity contribution in [2.45, 2.75) is 84.0 Å². The Hall–Kier alpha value is -3.46. The van der Waals surface area contributed by atoms with E-state index in [0.29, 0.717) is 30.8 Å². The molecule has 2 aliphatic rings. The number of thiazole rings is 1. The predicted molar refractivity (Wildman–Crippen MR) is 176 cm³/mol. The lowest BCUT2D eigenvalue weighted by Crippen LogP contribution is -2.42. The van der Waals surface area contributed by atoms with Gasteiger partial charge in [0.1, 0.15) is 11.6 Å². The minimum absolute atomic E-state index is 0.0731. The normalized spacial score (nSPS) is 22.0. The van der Waals surface area contributed by atoms with Gasteiger partial charge in [0.15, 0.2) is 0 Å². The van der Waals surface area contributed by atoms with Gasteiger partial charge in [-0.05, 0) is 111 Å². The van der Waals surface area contributed by atoms with E-state index in [-0.39, 0.29) is 17.7 Å². The average molecular weight is 619 g/mol. The van der Waals surface area contributed by atoms with Gasteiger partial charge in [0.2, 0.25) is 5.91 Å². The van der Waals surface area contributed by atoms with Gasteiger partial charge in [0, 0.05) is 37.3 Å². The molecule has 0 radical (unpaired) electrons. The maximum atomic E-state index is 14.2. The number of anilines is 1. The molecule has 5 rings (SSSR count). The van der Waals surface area contributed by atoms with Crippen LogP contribution >= 0.6 is 11.3 Å². The number of aryl methyl sites for hydroxylation is 1. The van der Waals surface area contributed by atoms with Crippen molar-refractivity contribution in [2.75, 3.05) is 25.1 Å². The third-order valence-corrected chi connectivity index (χ3v) is 10.9. The lowest BCUT2D eigenvalue weighted by atomic mass is 9.77. The number of benzene rings is 1. The molecular formula is C35H46N4O4S. The number of pyridine rings is 1. The zero-order valence-corrected chi connectivity index (χ0v) is 27.2. The fourth-order valence-electron chi connectivity index (χ4n) is 6.86. The number of carbonyl (C=O) groups is 2. The molecule has 2 amide bonds. The highest BCUT2D eigenvalue weighted by Crippen LogP contribution is 2.39. The van der Waals surface area contributed by atoms with E-state index in [4.69, 9.17) is 14.8 Å². The summed E-state index contributed by atoms with van der Waals surface area (Å²) >= 11 is 1.70. The maximum absolute atomic E-state index is 14.2. The van der Waals surface area contributed by atoms with Crippen LogP contribution in [0.3, 0.4) is 0 Å². The third-order valence-electron chi connectivity index (χ3n) is 9.51. The van der Waals surface area contributed by atoms with E-state index in [9.17, 15) is 9.59 Å². The Labute approximate surface area is 265 Å². The molecule has 0 atom stereocenters. The SMILES string of the molecule is COc1ccc(C2CCC(CN(C(=O)C3CCC(CNC(=O)O)CC3)c3cc(-c4cnc(C(C)C)s4)ccn3)CC2)cc1C. The topological polar surface area (TPSA) is 105 Å². The number of hydrogen-bond acceptors (Lipinski definition) is 6. The van der Waals surface area contributed by atoms with Crippen molar-refractivity contribution < 1.29 is 19.4 Å². The molecule has 2 aliphatic carbocycles. The summed E-state index contributed by atoms with van der Waals surface area (Å²) in [6, 6.07) is 10.6. The minimum Gasteiger partial charge on any atom is -0.496 e. The Morgan fingerprint density at radius 2 is 1.75 bits per heavy atom. The van der Waals surface area contributed by atoms with Crippen molar-refractivity contribution >= 4 is 29.2 Å². The summed E-state index contributed by atoms with van der Waals surface area (Å²) in [7, 11) is 1.72. The summed E-state index contributed by atoms with van der Waals surface area (Å²) in [6.45, 7) is 7.53. The van der Waals surface area contributed by atoms with E-state index < -0.39 is 6.09 Å². The number of hydrogen-bond donors (Lipinski definition) is 2. The summed E-state index contributed by atoms with van der Waals surface area (Å²) in [5.41, 5.74) is 3.59. The van der Waals surface area contributed by atoms with Crippen molar-refractivity contribution in [2.24, 2.45) is 17.8 Å². The zero-order chi connectivity index (χ0) is 31.2. The molecule has 0 spiro atoms. The van der Waals surface area contributed by atoms with Crippen LogP contribution in [0.25, 0.3) is 10.4 Å². The molecule has 8 nitrogen and oxygen atoms in total. The van der Waals surface area contributed by atoms with E-state index in [1.54, 1.807) is 18.4 Å². The van der Waals surface area contributed by atoms with Crippen LogP contribution in [0.15, 0.2) is 42.7 Å². The van der Waals surface area contributed by atoms with Crippen LogP contribution in [0.4, 0.5) is 10.6 Å². The van der Waals surface area contributed by atoms with E-state index >= 15 is 0 Å². The van der Waals surface area contributed by atoms with Crippen LogP contribution in [0.2, 0.25) is 0 Å². The van der Waals surface area contributed by atoms with Gasteiger partial charge < -0.3 is 15.2 Å². The van der Waals surface area contributed by atoms with Crippen LogP contribution in [-0.2, 0) is 4.79 Å². The number of methoxy groups -OCH3 is 1. The first kappa shape index (κ1) is 31.9. The third kappa shape index (κ3) is 7.78. The van der Waals surface area contributed by atoms with Gasteiger partial charge in [-0.1, -0.05) is 26.0 Å². The van der Waals surface area contributed by atoms with E-state index in [1.807, 2.05) is 23.4 Å². The van der Waals surface area contributed by atoms with E-state index in [1.165, 1.54) is 11.1 Å². The molecule has 2 fully saturated rings. The highest BCUT2D eigenvalue weighted by atomic mass is 32.1. The molecule has 3 aromatic rings. The molecule has 1 aromatic carbocycles. The van der Waals surface area contributed by atoms with Crippen molar-refractivity contribution in [3.8, 4) is 16.2 Å². The number of aromatic nitrogens is 2. The molecule has 2 N–H and O–H groups in total. The number of nitrogens with one attached hydrogen (secondary N) is 1. The minimum atomic E-state index is -0.987. The summed E-state index contributed by atoms with van der Waals surface area (Å²) in [5, 5.41) is 12.6. The number of nitrogens with zero attached hydrogens (tertiary/aromatic N) is 3. The fourth-order valence-corrected chi connectivity index (χ4v) is 7.78. The van der Waals surface area contributed by atoms with Gasteiger partial charge in [-0.25, -0.2) is 14.8 Å². The second-order valence-electron chi connectivity index (χ2n) is 12.9. The van der Waals surface area contributed by atoms with Gasteiger partial charge in [0.05, 0.1) is 17.0 Å². The van der Waals surface area contributed by atoms with Crippen molar-refractivity contribution in [3.05, 3.63) is 58.9 Å². The van der Waals surface area contributed by atoms with Crippen LogP contribution in [-0.4, -0.2) is 47.3 Å². The van der Waals surface area contributed by atoms with Crippen molar-refractivity contribution in [3.63, 3.8) is 0 Å². The van der Waals surface area contributed by atoms with Crippen LogP contribution < -0.4 is 15.0 Å². The highest BCUT2D eigenvalue weighted by molar-refractivity contribution is 7.15. The van der Waals surface area contributed by atoms with Gasteiger partial charge in [0.25, 0.3) is 0 Å². The Bertz CT molecular complexity index is 1420. The van der Waals surface area contributed by atoms with E-state index in [0.717, 1.165) is 78.4 Å². The van der Waals surface area contributed by atoms with E-state index in [2.05, 4.69) is 55.3 Å². The first-order valence-corrected chi connectivity index (χ1v) is 16.9. The van der Waals surface area contributed by atoms with Gasteiger partial charge in [-0.2, -0.15) is 0 Å². The Morgan fingerprint density at radius 3 is 2.39 bits per heavy atom. The molecule has 236 valence electrons. The molecule has 2 heterocycles. The highest BCUT2D eigenvalue weighted by Gasteiger charge is 2.33. The Morgan fingerprint density at radius 1 is 1.02 bits per heavy atom. The van der Waals surface area contributed by atoms with Gasteiger partial charge in [-0.3, -0.25) is 9.69 Å². The number of carbonyl (C=O) groups excluding carboxylic acids is 1.